The number of carbonyl (C=O) groups is 1. The molecule has 0 radical (unpaired) electrons. The maximum Gasteiger partial charge on any atom is 0.319 e. The number of nitrogens with one attached hydrogen (secondary N) is 2. The second kappa shape index (κ2) is 6.06. The van der Waals surface area contributed by atoms with E-state index in [4.69, 9.17) is 5.73 Å². The molecule has 5 heteroatoms. The van der Waals surface area contributed by atoms with E-state index in [0.29, 0.717) is 11.4 Å². The van der Waals surface area contributed by atoms with Gasteiger partial charge in [-0.05, 0) is 42.8 Å². The predicted molar refractivity (Wildman–Crippen MR) is 77.8 cm³/mol. The number of anilines is 2. The molecule has 0 aliphatic rings. The number of halogens is 1. The second-order valence-corrected chi connectivity index (χ2v) is 4.50. The fourth-order valence-corrected chi connectivity index (χ4v) is 1.82. The lowest BCUT2D eigenvalue weighted by Gasteiger charge is -2.15. The third kappa shape index (κ3) is 3.71. The lowest BCUT2D eigenvalue weighted by atomic mass is 10.1. The Kier molecular flexibility index (Phi) is 4.20. The largest absolute Gasteiger partial charge is 0.399 e. The molecule has 1 atom stereocenters. The Bertz CT molecular complexity index is 598. The number of rotatable bonds is 3. The van der Waals surface area contributed by atoms with Crippen LogP contribution in [0.1, 0.15) is 18.5 Å². The summed E-state index contributed by atoms with van der Waals surface area (Å²) in [5.41, 5.74) is 7.66. The van der Waals surface area contributed by atoms with Crippen LogP contribution in [0.3, 0.4) is 0 Å². The lowest BCUT2D eigenvalue weighted by molar-refractivity contribution is 0.249. The van der Waals surface area contributed by atoms with E-state index in [-0.39, 0.29) is 17.9 Å². The van der Waals surface area contributed by atoms with E-state index in [1.807, 2.05) is 6.92 Å². The van der Waals surface area contributed by atoms with Gasteiger partial charge in [0.05, 0.1) is 6.04 Å². The Morgan fingerprint density at radius 1 is 1.20 bits per heavy atom. The van der Waals surface area contributed by atoms with Crippen LogP contribution in [0.5, 0.6) is 0 Å². The van der Waals surface area contributed by atoms with Gasteiger partial charge in [-0.25, -0.2) is 9.18 Å². The molecule has 0 aliphatic carbocycles. The Hall–Kier alpha value is -2.56. The monoisotopic (exact) mass is 273 g/mol. The average molecular weight is 273 g/mol. The molecule has 0 fully saturated rings. The molecule has 0 saturated carbocycles. The van der Waals surface area contributed by atoms with Crippen molar-refractivity contribution in [2.45, 2.75) is 13.0 Å². The number of carbonyl (C=O) groups excluding carboxylic acids is 1. The van der Waals surface area contributed by atoms with E-state index < -0.39 is 0 Å². The molecule has 0 spiro atoms. The van der Waals surface area contributed by atoms with Crippen molar-refractivity contribution >= 4 is 17.4 Å². The van der Waals surface area contributed by atoms with Crippen LogP contribution in [-0.2, 0) is 0 Å². The maximum absolute atomic E-state index is 12.8. The first-order valence-electron chi connectivity index (χ1n) is 6.23. The molecule has 2 amide bonds. The van der Waals surface area contributed by atoms with Gasteiger partial charge in [-0.2, -0.15) is 0 Å². The van der Waals surface area contributed by atoms with Gasteiger partial charge in [-0.1, -0.05) is 18.2 Å². The third-order valence-electron chi connectivity index (χ3n) is 2.86. The highest BCUT2D eigenvalue weighted by molar-refractivity contribution is 5.89. The molecule has 0 aromatic heterocycles. The van der Waals surface area contributed by atoms with Crippen molar-refractivity contribution < 1.29 is 9.18 Å². The van der Waals surface area contributed by atoms with Gasteiger partial charge in [0.2, 0.25) is 0 Å². The highest BCUT2D eigenvalue weighted by Crippen LogP contribution is 2.14. The summed E-state index contributed by atoms with van der Waals surface area (Å²) in [5.74, 6) is -0.301. The molecular weight excluding hydrogens is 257 g/mol. The molecule has 2 aromatic rings. The van der Waals surface area contributed by atoms with Gasteiger partial charge >= 0.3 is 6.03 Å². The Balaban J connectivity index is 1.95. The highest BCUT2D eigenvalue weighted by atomic mass is 19.1. The van der Waals surface area contributed by atoms with Crippen molar-refractivity contribution in [2.24, 2.45) is 0 Å². The van der Waals surface area contributed by atoms with Crippen LogP contribution in [0.25, 0.3) is 0 Å². The lowest BCUT2D eigenvalue weighted by Crippen LogP contribution is -2.31. The zero-order chi connectivity index (χ0) is 14.5. The van der Waals surface area contributed by atoms with Crippen LogP contribution in [0.15, 0.2) is 48.5 Å². The SMILES string of the molecule is CC(NC(=O)Nc1cccc(N)c1)c1ccc(F)cc1. The normalized spacial score (nSPS) is 11.7. The van der Waals surface area contributed by atoms with Crippen molar-refractivity contribution in [1.29, 1.82) is 0 Å². The maximum atomic E-state index is 12.8. The molecule has 0 saturated heterocycles. The number of amides is 2. The number of nitrogen functional groups attached to an aromatic ring is 1. The minimum Gasteiger partial charge on any atom is -0.399 e. The summed E-state index contributed by atoms with van der Waals surface area (Å²) in [5, 5.41) is 5.46. The fraction of sp³-hybridized carbons (Fsp3) is 0.133. The van der Waals surface area contributed by atoms with Gasteiger partial charge in [0.1, 0.15) is 5.82 Å². The summed E-state index contributed by atoms with van der Waals surface area (Å²) in [6, 6.07) is 12.4. The first-order valence-corrected chi connectivity index (χ1v) is 6.23. The minimum absolute atomic E-state index is 0.225. The molecule has 4 N–H and O–H groups in total. The molecular formula is C15H16FN3O. The minimum atomic E-state index is -0.340. The van der Waals surface area contributed by atoms with Gasteiger partial charge in [0, 0.05) is 11.4 Å². The zero-order valence-electron chi connectivity index (χ0n) is 11.1. The molecule has 4 nitrogen and oxygen atoms in total. The van der Waals surface area contributed by atoms with Gasteiger partial charge < -0.3 is 16.4 Å². The van der Waals surface area contributed by atoms with Crippen molar-refractivity contribution in [3.8, 4) is 0 Å². The Morgan fingerprint density at radius 2 is 1.90 bits per heavy atom. The van der Waals surface area contributed by atoms with E-state index in [2.05, 4.69) is 10.6 Å². The number of benzene rings is 2. The number of hydrogen-bond acceptors (Lipinski definition) is 2. The number of urea groups is 1. The molecule has 0 bridgehead atoms. The van der Waals surface area contributed by atoms with Gasteiger partial charge in [-0.3, -0.25) is 0 Å². The quantitative estimate of drug-likeness (QED) is 0.751. The van der Waals surface area contributed by atoms with E-state index in [9.17, 15) is 9.18 Å². The fourth-order valence-electron chi connectivity index (χ4n) is 1.82. The highest BCUT2D eigenvalue weighted by Gasteiger charge is 2.09. The van der Waals surface area contributed by atoms with E-state index in [0.717, 1.165) is 5.56 Å². The second-order valence-electron chi connectivity index (χ2n) is 4.50. The van der Waals surface area contributed by atoms with Crippen LogP contribution in [0, 0.1) is 5.82 Å². The Morgan fingerprint density at radius 3 is 2.55 bits per heavy atom. The molecule has 104 valence electrons. The molecule has 1 unspecified atom stereocenters. The summed E-state index contributed by atoms with van der Waals surface area (Å²) in [4.78, 5) is 11.8. The topological polar surface area (TPSA) is 67.2 Å². The number of nitrogens with two attached hydrogens (primary N) is 1. The third-order valence-corrected chi connectivity index (χ3v) is 2.86. The summed E-state index contributed by atoms with van der Waals surface area (Å²) < 4.78 is 12.8. The summed E-state index contributed by atoms with van der Waals surface area (Å²) >= 11 is 0. The van der Waals surface area contributed by atoms with Crippen LogP contribution < -0.4 is 16.4 Å². The van der Waals surface area contributed by atoms with Crippen molar-refractivity contribution in [1.82, 2.24) is 5.32 Å². The van der Waals surface area contributed by atoms with Gasteiger partial charge in [0.25, 0.3) is 0 Å². The Labute approximate surface area is 116 Å². The van der Waals surface area contributed by atoms with Crippen molar-refractivity contribution in [2.75, 3.05) is 11.1 Å². The first kappa shape index (κ1) is 13.9. The van der Waals surface area contributed by atoms with Gasteiger partial charge in [0.15, 0.2) is 0 Å². The van der Waals surface area contributed by atoms with Crippen LogP contribution in [0.2, 0.25) is 0 Å². The molecule has 0 aliphatic heterocycles. The smallest absolute Gasteiger partial charge is 0.319 e. The molecule has 2 aromatic carbocycles. The molecule has 2 rings (SSSR count). The van der Waals surface area contributed by atoms with Crippen molar-refractivity contribution in [3.63, 3.8) is 0 Å². The standard InChI is InChI=1S/C15H16FN3O/c1-10(11-5-7-12(16)8-6-11)18-15(20)19-14-4-2-3-13(17)9-14/h2-10H,17H2,1H3,(H2,18,19,20). The van der Waals surface area contributed by atoms with Crippen LogP contribution in [0.4, 0.5) is 20.6 Å². The molecule has 0 heterocycles. The summed E-state index contributed by atoms with van der Waals surface area (Å²) in [6.07, 6.45) is 0. The van der Waals surface area contributed by atoms with E-state index >= 15 is 0 Å². The summed E-state index contributed by atoms with van der Waals surface area (Å²) in [6.45, 7) is 1.83. The number of hydrogen-bond donors (Lipinski definition) is 3. The summed E-state index contributed by atoms with van der Waals surface area (Å²) in [7, 11) is 0. The van der Waals surface area contributed by atoms with Crippen molar-refractivity contribution in [3.05, 3.63) is 59.9 Å². The predicted octanol–water partition coefficient (Wildman–Crippen LogP) is 3.29. The average Bonchev–Trinajstić information content (AvgIpc) is 2.39. The van der Waals surface area contributed by atoms with E-state index in [1.165, 1.54) is 12.1 Å². The first-order chi connectivity index (χ1) is 9.54. The van der Waals surface area contributed by atoms with Gasteiger partial charge in [-0.15, -0.1) is 0 Å². The van der Waals surface area contributed by atoms with E-state index in [1.54, 1.807) is 36.4 Å². The van der Waals surface area contributed by atoms with Crippen LogP contribution >= 0.6 is 0 Å². The zero-order valence-corrected chi connectivity index (χ0v) is 11.1. The van der Waals surface area contributed by atoms with Crippen LogP contribution in [-0.4, -0.2) is 6.03 Å². The molecule has 20 heavy (non-hydrogen) atoms.